The molecule has 4 rings (SSSR count). The van der Waals surface area contributed by atoms with Gasteiger partial charge in [-0.3, -0.25) is 4.90 Å². The van der Waals surface area contributed by atoms with Gasteiger partial charge in [-0.2, -0.15) is 5.10 Å². The molecule has 0 spiro atoms. The number of benzene rings is 1. The number of hydrogen-bond acceptors (Lipinski definition) is 8. The molecule has 180 valence electrons. The molecule has 2 atom stereocenters. The molecule has 10 heteroatoms. The minimum atomic E-state index is -0.802. The topological polar surface area (TPSA) is 105 Å². The molecule has 1 aromatic carbocycles. The molecule has 0 bridgehead atoms. The van der Waals surface area contributed by atoms with E-state index in [4.69, 9.17) is 18.9 Å². The smallest absolute Gasteiger partial charge is 0.411 e. The highest BCUT2D eigenvalue weighted by molar-refractivity contribution is 5.87. The Hall–Kier alpha value is -3.82. The number of carbonyl (C=O) groups excluding carboxylic acids is 2. The van der Waals surface area contributed by atoms with Gasteiger partial charge in [-0.15, -0.1) is 0 Å². The second-order valence-corrected chi connectivity index (χ2v) is 8.96. The van der Waals surface area contributed by atoms with Crippen LogP contribution in [0.25, 0.3) is 16.7 Å². The molecule has 0 radical (unpaired) electrons. The highest BCUT2D eigenvalue weighted by atomic mass is 16.6. The van der Waals surface area contributed by atoms with E-state index < -0.39 is 29.8 Å². The quantitative estimate of drug-likeness (QED) is 0.525. The van der Waals surface area contributed by atoms with E-state index in [0.29, 0.717) is 22.8 Å². The van der Waals surface area contributed by atoms with E-state index >= 15 is 0 Å². The summed E-state index contributed by atoms with van der Waals surface area (Å²) in [5.74, 6) is 1.26. The van der Waals surface area contributed by atoms with Crippen molar-refractivity contribution in [3.05, 3.63) is 42.7 Å². The van der Waals surface area contributed by atoms with Gasteiger partial charge in [-0.25, -0.2) is 19.3 Å². The Bertz CT molecular complexity index is 1190. The van der Waals surface area contributed by atoms with Gasteiger partial charge in [0.1, 0.15) is 29.2 Å². The van der Waals surface area contributed by atoms with Crippen molar-refractivity contribution in [1.82, 2.24) is 19.7 Å². The summed E-state index contributed by atoms with van der Waals surface area (Å²) in [5.41, 5.74) is -0.0377. The summed E-state index contributed by atoms with van der Waals surface area (Å²) in [5, 5.41) is 5.03. The molecular formula is C24H28N4O6. The van der Waals surface area contributed by atoms with Crippen molar-refractivity contribution in [3.63, 3.8) is 0 Å². The van der Waals surface area contributed by atoms with Crippen molar-refractivity contribution in [1.29, 1.82) is 0 Å². The van der Waals surface area contributed by atoms with Crippen molar-refractivity contribution in [2.75, 3.05) is 20.8 Å². The molecule has 3 aromatic rings. The number of methoxy groups -OCH3 is 2. The maximum absolute atomic E-state index is 12.8. The molecule has 1 fully saturated rings. The van der Waals surface area contributed by atoms with Crippen LogP contribution in [0, 0.1) is 0 Å². The lowest BCUT2D eigenvalue weighted by Crippen LogP contribution is -2.44. The van der Waals surface area contributed by atoms with Crippen LogP contribution in [0.4, 0.5) is 4.79 Å². The number of fused-ring (bicyclic) bond motifs is 1. The zero-order valence-corrected chi connectivity index (χ0v) is 19.8. The Kier molecular flexibility index (Phi) is 6.32. The molecule has 34 heavy (non-hydrogen) atoms. The van der Waals surface area contributed by atoms with Gasteiger partial charge in [0.2, 0.25) is 0 Å². The minimum Gasteiger partial charge on any atom is -0.497 e. The number of hydrogen-bond donors (Lipinski definition) is 0. The molecule has 1 aliphatic rings. The number of carbonyl (C=O) groups is 2. The lowest BCUT2D eigenvalue weighted by atomic mass is 10.1. The van der Waals surface area contributed by atoms with Crippen molar-refractivity contribution in [3.8, 4) is 17.3 Å². The third-order valence-electron chi connectivity index (χ3n) is 5.36. The van der Waals surface area contributed by atoms with Gasteiger partial charge >= 0.3 is 12.1 Å². The summed E-state index contributed by atoms with van der Waals surface area (Å²) in [6, 6.07) is 8.28. The Labute approximate surface area is 197 Å². The standard InChI is InChI=1S/C24H28N4O6/c1-24(2,3)34-23(30)27-14-16(12-19(27)22(29)32-5)33-20-13-21(28-10-6-9-25-28)26-18-11-15(31-4)7-8-17(18)20/h6-11,13,16,19H,12,14H2,1-5H3/t16-,19?/m1/s1. The summed E-state index contributed by atoms with van der Waals surface area (Å²) in [4.78, 5) is 31.3. The maximum Gasteiger partial charge on any atom is 0.411 e. The summed E-state index contributed by atoms with van der Waals surface area (Å²) >= 11 is 0. The van der Waals surface area contributed by atoms with Crippen LogP contribution in [0.15, 0.2) is 42.7 Å². The molecule has 0 aliphatic carbocycles. The SMILES string of the molecule is COC(=O)C1C[C@@H](Oc2cc(-n3cccn3)nc3cc(OC)ccc23)CN1C(=O)OC(C)(C)C. The number of likely N-dealkylation sites (tertiary alicyclic amines) is 1. The predicted molar refractivity (Wildman–Crippen MR) is 123 cm³/mol. The van der Waals surface area contributed by atoms with Crippen LogP contribution in [0.3, 0.4) is 0 Å². The Morgan fingerprint density at radius 1 is 1.15 bits per heavy atom. The lowest BCUT2D eigenvalue weighted by molar-refractivity contribution is -0.145. The van der Waals surface area contributed by atoms with Crippen LogP contribution in [-0.2, 0) is 14.3 Å². The fourth-order valence-corrected chi connectivity index (χ4v) is 3.85. The van der Waals surface area contributed by atoms with Crippen LogP contribution in [0.1, 0.15) is 27.2 Å². The van der Waals surface area contributed by atoms with E-state index in [1.165, 1.54) is 12.0 Å². The van der Waals surface area contributed by atoms with Gasteiger partial charge in [0.25, 0.3) is 0 Å². The highest BCUT2D eigenvalue weighted by Crippen LogP contribution is 2.33. The molecule has 1 unspecified atom stereocenters. The summed E-state index contributed by atoms with van der Waals surface area (Å²) < 4.78 is 23.8. The van der Waals surface area contributed by atoms with Crippen LogP contribution >= 0.6 is 0 Å². The second-order valence-electron chi connectivity index (χ2n) is 8.96. The third-order valence-corrected chi connectivity index (χ3v) is 5.36. The molecule has 0 N–H and O–H groups in total. The average Bonchev–Trinajstić information content (AvgIpc) is 3.47. The number of ether oxygens (including phenoxy) is 4. The monoisotopic (exact) mass is 468 g/mol. The number of rotatable bonds is 5. The fraction of sp³-hybridized carbons (Fsp3) is 0.417. The van der Waals surface area contributed by atoms with E-state index in [9.17, 15) is 9.59 Å². The molecule has 0 saturated carbocycles. The first-order chi connectivity index (χ1) is 16.2. The second kappa shape index (κ2) is 9.20. The van der Waals surface area contributed by atoms with E-state index in [1.54, 1.807) is 57.1 Å². The van der Waals surface area contributed by atoms with Crippen LogP contribution in [0.2, 0.25) is 0 Å². The number of nitrogens with zero attached hydrogens (tertiary/aromatic N) is 4. The van der Waals surface area contributed by atoms with E-state index in [1.807, 2.05) is 18.2 Å². The number of pyridine rings is 1. The van der Waals surface area contributed by atoms with Crippen molar-refractivity contribution in [2.24, 2.45) is 0 Å². The number of esters is 1. The van der Waals surface area contributed by atoms with Crippen molar-refractivity contribution >= 4 is 23.0 Å². The van der Waals surface area contributed by atoms with Gasteiger partial charge in [0.15, 0.2) is 5.82 Å². The van der Waals surface area contributed by atoms with E-state index in [-0.39, 0.29) is 13.0 Å². The van der Waals surface area contributed by atoms with Crippen molar-refractivity contribution in [2.45, 2.75) is 44.9 Å². The minimum absolute atomic E-state index is 0.172. The average molecular weight is 469 g/mol. The van der Waals surface area contributed by atoms with Crippen LogP contribution in [-0.4, -0.2) is 70.2 Å². The normalized spacial score (nSPS) is 18.1. The molecule has 2 aromatic heterocycles. The number of amides is 1. The van der Waals surface area contributed by atoms with Crippen molar-refractivity contribution < 1.29 is 28.5 Å². The largest absolute Gasteiger partial charge is 0.497 e. The summed E-state index contributed by atoms with van der Waals surface area (Å²) in [6.45, 7) is 5.49. The van der Waals surface area contributed by atoms with Gasteiger partial charge in [0, 0.05) is 36.3 Å². The van der Waals surface area contributed by atoms with Crippen LogP contribution in [0.5, 0.6) is 11.5 Å². The highest BCUT2D eigenvalue weighted by Gasteiger charge is 2.43. The molecular weight excluding hydrogens is 440 g/mol. The Balaban J connectivity index is 1.67. The van der Waals surface area contributed by atoms with Crippen LogP contribution < -0.4 is 9.47 Å². The first-order valence-electron chi connectivity index (χ1n) is 10.9. The first kappa shape index (κ1) is 23.3. The first-order valence-corrected chi connectivity index (χ1v) is 10.9. The molecule has 1 amide bonds. The van der Waals surface area contributed by atoms with Gasteiger partial charge in [0.05, 0.1) is 26.3 Å². The van der Waals surface area contributed by atoms with E-state index in [2.05, 4.69) is 10.1 Å². The zero-order chi connectivity index (χ0) is 24.5. The molecule has 10 nitrogen and oxygen atoms in total. The third kappa shape index (κ3) is 4.90. The molecule has 1 saturated heterocycles. The lowest BCUT2D eigenvalue weighted by Gasteiger charge is -2.27. The maximum atomic E-state index is 12.8. The molecule has 3 heterocycles. The molecule has 1 aliphatic heterocycles. The van der Waals surface area contributed by atoms with Gasteiger partial charge in [-0.1, -0.05) is 0 Å². The zero-order valence-electron chi connectivity index (χ0n) is 19.8. The van der Waals surface area contributed by atoms with Gasteiger partial charge < -0.3 is 18.9 Å². The van der Waals surface area contributed by atoms with E-state index in [0.717, 1.165) is 5.39 Å². The summed E-state index contributed by atoms with van der Waals surface area (Å²) in [7, 11) is 2.89. The predicted octanol–water partition coefficient (Wildman–Crippen LogP) is 3.36. The van der Waals surface area contributed by atoms with Gasteiger partial charge in [-0.05, 0) is 39.0 Å². The number of aromatic nitrogens is 3. The Morgan fingerprint density at radius 3 is 2.59 bits per heavy atom. The Morgan fingerprint density at radius 2 is 1.94 bits per heavy atom. The fourth-order valence-electron chi connectivity index (χ4n) is 3.85. The summed E-state index contributed by atoms with van der Waals surface area (Å²) in [6.07, 6.45) is 2.66.